The molecule has 2 saturated heterocycles. The number of hydrogen-bond acceptors (Lipinski definition) is 6. The molecular formula is C16H20N4O3. The molecule has 0 spiro atoms. The number of aromatic nitrogens is 2. The van der Waals surface area contributed by atoms with Crippen molar-refractivity contribution < 1.29 is 13.9 Å². The molecule has 0 aliphatic carbocycles. The fraction of sp³-hybridized carbons (Fsp3) is 0.562. The van der Waals surface area contributed by atoms with E-state index in [1.807, 2.05) is 11.8 Å². The molecule has 7 heteroatoms. The molecule has 4 heterocycles. The molecule has 0 radical (unpaired) electrons. The molecule has 2 aromatic heterocycles. The number of amides is 1. The Hall–Kier alpha value is -2.15. The number of likely N-dealkylation sites (tertiary alicyclic amines) is 1. The Labute approximate surface area is 134 Å². The summed E-state index contributed by atoms with van der Waals surface area (Å²) < 4.78 is 11.2. The number of rotatable bonds is 2. The van der Waals surface area contributed by atoms with Crippen molar-refractivity contribution in [1.29, 1.82) is 0 Å². The summed E-state index contributed by atoms with van der Waals surface area (Å²) >= 11 is 0. The van der Waals surface area contributed by atoms with Gasteiger partial charge in [0.25, 0.3) is 5.91 Å². The van der Waals surface area contributed by atoms with Crippen molar-refractivity contribution >= 4 is 22.8 Å². The number of carbonyl (C=O) groups excluding carboxylic acids is 1. The lowest BCUT2D eigenvalue weighted by molar-refractivity contribution is 0.0792. The minimum Gasteiger partial charge on any atom is -0.442 e. The maximum atomic E-state index is 12.9. The fourth-order valence-electron chi connectivity index (χ4n) is 3.38. The fourth-order valence-corrected chi connectivity index (χ4v) is 3.38. The van der Waals surface area contributed by atoms with Gasteiger partial charge in [0.1, 0.15) is 17.9 Å². The van der Waals surface area contributed by atoms with Gasteiger partial charge in [0.05, 0.1) is 24.2 Å². The lowest BCUT2D eigenvalue weighted by Gasteiger charge is -2.28. The molecule has 0 saturated carbocycles. The molecule has 2 aliphatic heterocycles. The van der Waals surface area contributed by atoms with Gasteiger partial charge in [-0.25, -0.2) is 9.97 Å². The summed E-state index contributed by atoms with van der Waals surface area (Å²) in [6, 6.07) is 0. The minimum absolute atomic E-state index is 0.0306. The zero-order chi connectivity index (χ0) is 15.8. The predicted octanol–water partition coefficient (Wildman–Crippen LogP) is 1.60. The van der Waals surface area contributed by atoms with Gasteiger partial charge in [0.2, 0.25) is 5.71 Å². The highest BCUT2D eigenvalue weighted by atomic mass is 16.5. The summed E-state index contributed by atoms with van der Waals surface area (Å²) in [5.41, 5.74) is 1.10. The average molecular weight is 316 g/mol. The van der Waals surface area contributed by atoms with Crippen LogP contribution in [-0.4, -0.2) is 60.2 Å². The number of aryl methyl sites for hydroxylation is 1. The third-order valence-electron chi connectivity index (χ3n) is 4.56. The van der Waals surface area contributed by atoms with Crippen LogP contribution >= 0.6 is 0 Å². The Bertz CT molecular complexity index is 730. The predicted molar refractivity (Wildman–Crippen MR) is 84.7 cm³/mol. The second kappa shape index (κ2) is 5.81. The summed E-state index contributed by atoms with van der Waals surface area (Å²) in [6.45, 7) is 6.29. The monoisotopic (exact) mass is 316 g/mol. The highest BCUT2D eigenvalue weighted by Crippen LogP contribution is 2.33. The number of nitrogens with zero attached hydrogens (tertiary/aromatic N) is 4. The average Bonchev–Trinajstić information content (AvgIpc) is 3.22. The quantitative estimate of drug-likeness (QED) is 0.838. The topological polar surface area (TPSA) is 71.7 Å². The van der Waals surface area contributed by atoms with E-state index in [4.69, 9.17) is 9.15 Å². The van der Waals surface area contributed by atoms with Crippen molar-refractivity contribution in [2.45, 2.75) is 19.8 Å². The molecule has 7 nitrogen and oxygen atoms in total. The Balaban J connectivity index is 1.82. The summed E-state index contributed by atoms with van der Waals surface area (Å²) in [4.78, 5) is 25.6. The molecule has 0 unspecified atom stereocenters. The Morgan fingerprint density at radius 1 is 1.13 bits per heavy atom. The Morgan fingerprint density at radius 2 is 1.87 bits per heavy atom. The van der Waals surface area contributed by atoms with E-state index in [9.17, 15) is 4.79 Å². The largest absolute Gasteiger partial charge is 0.442 e. The molecule has 1 amide bonds. The van der Waals surface area contributed by atoms with Crippen molar-refractivity contribution in [2.24, 2.45) is 0 Å². The van der Waals surface area contributed by atoms with Crippen LogP contribution in [0.4, 0.5) is 5.82 Å². The molecule has 4 rings (SSSR count). The highest BCUT2D eigenvalue weighted by molar-refractivity contribution is 6.10. The molecule has 2 aromatic rings. The summed E-state index contributed by atoms with van der Waals surface area (Å²) in [5.74, 6) is 1.42. The maximum Gasteiger partial charge on any atom is 0.258 e. The van der Waals surface area contributed by atoms with Crippen molar-refractivity contribution in [2.75, 3.05) is 44.3 Å². The normalized spacial score (nSPS) is 18.8. The molecule has 122 valence electrons. The zero-order valence-corrected chi connectivity index (χ0v) is 13.2. The van der Waals surface area contributed by atoms with E-state index in [2.05, 4.69) is 14.9 Å². The molecule has 2 aliphatic rings. The van der Waals surface area contributed by atoms with E-state index in [0.717, 1.165) is 50.2 Å². The second-order valence-corrected chi connectivity index (χ2v) is 6.01. The van der Waals surface area contributed by atoms with Gasteiger partial charge in [-0.1, -0.05) is 0 Å². The Morgan fingerprint density at radius 3 is 2.61 bits per heavy atom. The van der Waals surface area contributed by atoms with Crippen molar-refractivity contribution in [1.82, 2.24) is 14.9 Å². The summed E-state index contributed by atoms with van der Waals surface area (Å²) in [6.07, 6.45) is 3.63. The molecule has 23 heavy (non-hydrogen) atoms. The van der Waals surface area contributed by atoms with Crippen molar-refractivity contribution in [3.8, 4) is 0 Å². The minimum atomic E-state index is 0.0306. The smallest absolute Gasteiger partial charge is 0.258 e. The van der Waals surface area contributed by atoms with Crippen LogP contribution in [0, 0.1) is 6.92 Å². The number of fused-ring (bicyclic) bond motifs is 1. The molecule has 0 bridgehead atoms. The van der Waals surface area contributed by atoms with E-state index < -0.39 is 0 Å². The second-order valence-electron chi connectivity index (χ2n) is 6.01. The van der Waals surface area contributed by atoms with Crippen LogP contribution in [0.3, 0.4) is 0 Å². The number of ether oxygens (including phenoxy) is 1. The first-order valence-corrected chi connectivity index (χ1v) is 8.12. The van der Waals surface area contributed by atoms with Gasteiger partial charge in [0, 0.05) is 26.2 Å². The Kier molecular flexibility index (Phi) is 3.65. The number of furan rings is 1. The third kappa shape index (κ3) is 2.45. The molecule has 0 N–H and O–H groups in total. The molecule has 0 atom stereocenters. The van der Waals surface area contributed by atoms with Crippen molar-refractivity contribution in [3.05, 3.63) is 17.7 Å². The number of morpholine rings is 1. The molecular weight excluding hydrogens is 296 g/mol. The van der Waals surface area contributed by atoms with Crippen molar-refractivity contribution in [3.63, 3.8) is 0 Å². The van der Waals surface area contributed by atoms with Gasteiger partial charge in [-0.05, 0) is 19.8 Å². The lowest BCUT2D eigenvalue weighted by atomic mass is 10.1. The zero-order valence-electron chi connectivity index (χ0n) is 13.2. The van der Waals surface area contributed by atoms with Crippen LogP contribution in [0.15, 0.2) is 10.7 Å². The first-order valence-electron chi connectivity index (χ1n) is 8.12. The first kappa shape index (κ1) is 14.4. The number of carbonyl (C=O) groups is 1. The first-order chi connectivity index (χ1) is 11.3. The van der Waals surface area contributed by atoms with Gasteiger partial charge < -0.3 is 19.0 Å². The number of anilines is 1. The van der Waals surface area contributed by atoms with Crippen LogP contribution < -0.4 is 4.90 Å². The van der Waals surface area contributed by atoms with Gasteiger partial charge in [0.15, 0.2) is 0 Å². The standard InChI is InChI=1S/C16H20N4O3/c1-11-12(16(21)20-4-2-3-5-20)13-14(17-10-18-15(13)23-11)19-6-8-22-9-7-19/h10H,2-9H2,1H3. The SMILES string of the molecule is Cc1oc2ncnc(N3CCOCC3)c2c1C(=O)N1CCCC1. The highest BCUT2D eigenvalue weighted by Gasteiger charge is 2.29. The van der Waals surface area contributed by atoms with Crippen LogP contribution in [-0.2, 0) is 4.74 Å². The van der Waals surface area contributed by atoms with E-state index in [1.54, 1.807) is 0 Å². The van der Waals surface area contributed by atoms with Crippen LogP contribution in [0.2, 0.25) is 0 Å². The van der Waals surface area contributed by atoms with Crippen LogP contribution in [0.1, 0.15) is 29.0 Å². The van der Waals surface area contributed by atoms with Crippen LogP contribution in [0.25, 0.3) is 11.1 Å². The van der Waals surface area contributed by atoms with Gasteiger partial charge in [-0.15, -0.1) is 0 Å². The third-order valence-corrected chi connectivity index (χ3v) is 4.56. The van der Waals surface area contributed by atoms with E-state index in [-0.39, 0.29) is 5.91 Å². The van der Waals surface area contributed by atoms with E-state index in [0.29, 0.717) is 30.3 Å². The van der Waals surface area contributed by atoms with Gasteiger partial charge in [-0.2, -0.15) is 0 Å². The molecule has 2 fully saturated rings. The van der Waals surface area contributed by atoms with Crippen LogP contribution in [0.5, 0.6) is 0 Å². The molecule has 0 aromatic carbocycles. The van der Waals surface area contributed by atoms with E-state index in [1.165, 1.54) is 6.33 Å². The number of hydrogen-bond donors (Lipinski definition) is 0. The summed E-state index contributed by atoms with van der Waals surface area (Å²) in [7, 11) is 0. The lowest BCUT2D eigenvalue weighted by Crippen LogP contribution is -2.37. The van der Waals surface area contributed by atoms with E-state index >= 15 is 0 Å². The van der Waals surface area contributed by atoms with Gasteiger partial charge >= 0.3 is 0 Å². The summed E-state index contributed by atoms with van der Waals surface area (Å²) in [5, 5.41) is 0.740. The maximum absolute atomic E-state index is 12.9. The van der Waals surface area contributed by atoms with Gasteiger partial charge in [-0.3, -0.25) is 4.79 Å².